The van der Waals surface area contributed by atoms with Gasteiger partial charge in [-0.3, -0.25) is 0 Å². The van der Waals surface area contributed by atoms with E-state index < -0.39 is 5.97 Å². The molecular weight excluding hydrogens is 399 g/mol. The summed E-state index contributed by atoms with van der Waals surface area (Å²) in [6, 6.07) is 14.3. The van der Waals surface area contributed by atoms with Crippen molar-refractivity contribution in [2.45, 2.75) is 20.3 Å². The maximum absolute atomic E-state index is 12.6. The fraction of sp³-hybridized carbons (Fsp3) is 0.150. The number of H-pyrrole nitrogens is 1. The van der Waals surface area contributed by atoms with Crippen molar-refractivity contribution >= 4 is 41.0 Å². The Morgan fingerprint density at radius 2 is 2.00 bits per heavy atom. The van der Waals surface area contributed by atoms with Crippen molar-refractivity contribution in [3.8, 4) is 11.8 Å². The van der Waals surface area contributed by atoms with Crippen molar-refractivity contribution < 1.29 is 9.53 Å². The lowest BCUT2D eigenvalue weighted by Crippen LogP contribution is -2.13. The third kappa shape index (κ3) is 3.61. The Balaban J connectivity index is 0.00000225. The Morgan fingerprint density at radius 1 is 1.21 bits per heavy atom. The van der Waals surface area contributed by atoms with Gasteiger partial charge in [-0.1, -0.05) is 36.7 Å². The number of esters is 1. The lowest BCUT2D eigenvalue weighted by atomic mass is 10.2. The van der Waals surface area contributed by atoms with Crippen LogP contribution in [0.4, 0.5) is 0 Å². The molecule has 0 aliphatic heterocycles. The molecule has 4 rings (SSSR count). The summed E-state index contributed by atoms with van der Waals surface area (Å²) < 4.78 is 7.26. The van der Waals surface area contributed by atoms with E-state index in [2.05, 4.69) is 15.1 Å². The lowest BCUT2D eigenvalue weighted by molar-refractivity contribution is 0.0721. The largest absolute Gasteiger partial charge is 0.403 e. The molecule has 6 nitrogen and oxygen atoms in total. The zero-order valence-corrected chi connectivity index (χ0v) is 16.8. The molecule has 0 unspecified atom stereocenters. The Bertz CT molecular complexity index is 1120. The Kier molecular flexibility index (Phi) is 5.72. The van der Waals surface area contributed by atoms with Crippen LogP contribution in [0, 0.1) is 6.92 Å². The first-order valence-electron chi connectivity index (χ1n) is 8.58. The topological polar surface area (TPSA) is 72.8 Å². The Morgan fingerprint density at radius 3 is 2.71 bits per heavy atom. The molecule has 28 heavy (non-hydrogen) atoms. The van der Waals surface area contributed by atoms with Gasteiger partial charge in [-0.2, -0.15) is 9.78 Å². The number of fused-ring (bicyclic) bond motifs is 1. The van der Waals surface area contributed by atoms with Gasteiger partial charge < -0.3 is 9.72 Å². The number of hydrogen-bond donors (Lipinski definition) is 1. The van der Waals surface area contributed by atoms with E-state index in [1.165, 1.54) is 4.68 Å². The van der Waals surface area contributed by atoms with Crippen molar-refractivity contribution in [3.05, 3.63) is 70.4 Å². The fourth-order valence-electron chi connectivity index (χ4n) is 3.00. The summed E-state index contributed by atoms with van der Waals surface area (Å²) in [5.74, 6) is 0.358. The highest BCUT2D eigenvalue weighted by Crippen LogP contribution is 2.27. The highest BCUT2D eigenvalue weighted by molar-refractivity contribution is 6.30. The van der Waals surface area contributed by atoms with Gasteiger partial charge in [0.15, 0.2) is 0 Å². The normalized spacial score (nSPS) is 10.7. The first-order chi connectivity index (χ1) is 13.1. The van der Waals surface area contributed by atoms with Crippen molar-refractivity contribution in [1.29, 1.82) is 0 Å². The summed E-state index contributed by atoms with van der Waals surface area (Å²) in [6.07, 6.45) is 0.671. The van der Waals surface area contributed by atoms with Crippen LogP contribution in [0.5, 0.6) is 5.88 Å². The van der Waals surface area contributed by atoms with E-state index in [1.54, 1.807) is 24.3 Å². The van der Waals surface area contributed by atoms with Gasteiger partial charge >= 0.3 is 5.97 Å². The van der Waals surface area contributed by atoms with E-state index in [9.17, 15) is 4.79 Å². The number of aromatic nitrogens is 4. The second-order valence-corrected chi connectivity index (χ2v) is 6.55. The van der Waals surface area contributed by atoms with Crippen LogP contribution >= 0.6 is 24.0 Å². The summed E-state index contributed by atoms with van der Waals surface area (Å²) in [4.78, 5) is 20.4. The minimum Gasteiger partial charge on any atom is -0.403 e. The van der Waals surface area contributed by atoms with E-state index in [0.717, 1.165) is 22.3 Å². The monoisotopic (exact) mass is 416 g/mol. The van der Waals surface area contributed by atoms with Gasteiger partial charge in [0.1, 0.15) is 0 Å². The predicted molar refractivity (Wildman–Crippen MR) is 111 cm³/mol. The van der Waals surface area contributed by atoms with Crippen molar-refractivity contribution in [2.24, 2.45) is 0 Å². The minimum absolute atomic E-state index is 0. The Hall–Kier alpha value is -2.83. The number of carbonyl (C=O) groups excluding carboxylic acids is 1. The SMILES string of the molecule is CCc1c(C)nn(-c2nc3ccccc3[nH]2)c1OC(=O)c1cccc(Cl)c1.Cl. The van der Waals surface area contributed by atoms with Gasteiger partial charge in [-0.15, -0.1) is 12.4 Å². The summed E-state index contributed by atoms with van der Waals surface area (Å²) in [6.45, 7) is 3.87. The van der Waals surface area contributed by atoms with E-state index in [1.807, 2.05) is 38.1 Å². The molecule has 0 bridgehead atoms. The van der Waals surface area contributed by atoms with Crippen LogP contribution < -0.4 is 4.74 Å². The molecule has 2 aromatic heterocycles. The highest BCUT2D eigenvalue weighted by Gasteiger charge is 2.22. The summed E-state index contributed by atoms with van der Waals surface area (Å²) in [5, 5.41) is 5.01. The van der Waals surface area contributed by atoms with Gasteiger partial charge in [-0.05, 0) is 43.7 Å². The van der Waals surface area contributed by atoms with Crippen LogP contribution in [0.1, 0.15) is 28.5 Å². The lowest BCUT2D eigenvalue weighted by Gasteiger charge is -2.08. The van der Waals surface area contributed by atoms with E-state index in [-0.39, 0.29) is 12.4 Å². The fourth-order valence-corrected chi connectivity index (χ4v) is 3.19. The van der Waals surface area contributed by atoms with Crippen molar-refractivity contribution in [3.63, 3.8) is 0 Å². The molecule has 1 N–H and O–H groups in total. The van der Waals surface area contributed by atoms with Crippen LogP contribution in [0.25, 0.3) is 17.0 Å². The molecule has 0 saturated carbocycles. The van der Waals surface area contributed by atoms with Crippen molar-refractivity contribution in [1.82, 2.24) is 19.7 Å². The average molecular weight is 417 g/mol. The number of nitrogens with one attached hydrogen (secondary N) is 1. The highest BCUT2D eigenvalue weighted by atomic mass is 35.5. The molecule has 0 radical (unpaired) electrons. The second kappa shape index (κ2) is 8.04. The Labute approximate surface area is 172 Å². The first-order valence-corrected chi connectivity index (χ1v) is 8.96. The van der Waals surface area contributed by atoms with Crippen LogP contribution in [-0.4, -0.2) is 25.7 Å². The standard InChI is InChI=1S/C20H17ClN4O2.ClH/c1-3-15-12(2)24-25(20-22-16-9-4-5-10-17(16)23-20)18(15)27-19(26)13-7-6-8-14(21)11-13;/h4-11H,3H2,1-2H3,(H,22,23);1H. The molecule has 0 aliphatic rings. The number of ether oxygens (including phenoxy) is 1. The molecular formula is C20H18Cl2N4O2. The molecule has 2 aromatic carbocycles. The molecule has 144 valence electrons. The number of nitrogens with zero attached hydrogens (tertiary/aromatic N) is 3. The summed E-state index contributed by atoms with van der Waals surface area (Å²) in [7, 11) is 0. The number of aromatic amines is 1. The first kappa shape index (κ1) is 19.9. The zero-order valence-electron chi connectivity index (χ0n) is 15.3. The third-order valence-corrected chi connectivity index (χ3v) is 4.55. The van der Waals surface area contributed by atoms with Crippen LogP contribution in [0.2, 0.25) is 5.02 Å². The van der Waals surface area contributed by atoms with Gasteiger partial charge in [0.2, 0.25) is 11.8 Å². The number of carbonyl (C=O) groups is 1. The molecule has 2 heterocycles. The maximum atomic E-state index is 12.6. The molecule has 0 atom stereocenters. The van der Waals surface area contributed by atoms with Crippen molar-refractivity contribution in [2.75, 3.05) is 0 Å². The number of aryl methyl sites for hydroxylation is 1. The molecule has 4 aromatic rings. The molecule has 0 fully saturated rings. The molecule has 0 spiro atoms. The molecule has 0 aliphatic carbocycles. The predicted octanol–water partition coefficient (Wildman–Crippen LogP) is 4.91. The second-order valence-electron chi connectivity index (χ2n) is 6.11. The van der Waals surface area contributed by atoms with Gasteiger partial charge in [0.25, 0.3) is 0 Å². The van der Waals surface area contributed by atoms with Gasteiger partial charge in [-0.25, -0.2) is 9.78 Å². The number of benzene rings is 2. The average Bonchev–Trinajstić information content (AvgIpc) is 3.22. The molecule has 8 heteroatoms. The van der Waals surface area contributed by atoms with Gasteiger partial charge in [0, 0.05) is 10.6 Å². The molecule has 0 amide bonds. The maximum Gasteiger partial charge on any atom is 0.344 e. The number of imidazole rings is 1. The smallest absolute Gasteiger partial charge is 0.344 e. The van der Waals surface area contributed by atoms with E-state index >= 15 is 0 Å². The number of hydrogen-bond acceptors (Lipinski definition) is 4. The number of para-hydroxylation sites is 2. The zero-order chi connectivity index (χ0) is 19.0. The van der Waals surface area contributed by atoms with Crippen LogP contribution in [0.3, 0.4) is 0 Å². The van der Waals surface area contributed by atoms with Crippen LogP contribution in [-0.2, 0) is 6.42 Å². The van der Waals surface area contributed by atoms with Crippen LogP contribution in [0.15, 0.2) is 48.5 Å². The quantitative estimate of drug-likeness (QED) is 0.479. The number of rotatable bonds is 4. The molecule has 0 saturated heterocycles. The third-order valence-electron chi connectivity index (χ3n) is 4.32. The van der Waals surface area contributed by atoms with E-state index in [0.29, 0.717) is 28.8 Å². The minimum atomic E-state index is -0.496. The van der Waals surface area contributed by atoms with Gasteiger partial charge in [0.05, 0.1) is 22.3 Å². The van der Waals surface area contributed by atoms with E-state index in [4.69, 9.17) is 16.3 Å². The number of halogens is 2. The summed E-state index contributed by atoms with van der Waals surface area (Å²) >= 11 is 5.99. The summed E-state index contributed by atoms with van der Waals surface area (Å²) in [5.41, 5.74) is 3.70.